The number of methoxy groups -OCH3 is 1. The molecule has 0 unspecified atom stereocenters. The first-order valence-electron chi connectivity index (χ1n) is 14.7. The maximum atomic E-state index is 14.8. The van der Waals surface area contributed by atoms with Gasteiger partial charge in [0.15, 0.2) is 10.5 Å². The van der Waals surface area contributed by atoms with Crippen molar-refractivity contribution in [2.75, 3.05) is 13.7 Å². The summed E-state index contributed by atoms with van der Waals surface area (Å²) in [7, 11) is 1.37. The standard InChI is InChI=1S/C35H23Cl2F3I2N2O5S/c1-3-48-33(46)28-29(27-21-7-5-4-6-18(21)9-11-25(27)47-2)44-32(45)26(50-34(44)43-31(28)35(38,39)40)14-17-12-23(41)30(24(42)13-17)49-16-19-8-10-20(36)15-22(19)37/h4-15,29H,3,16H2,1-2H3/b26-14-/t29-/m0/s1. The van der Waals surface area contributed by atoms with Crippen LogP contribution in [0.5, 0.6) is 11.5 Å². The number of aromatic nitrogens is 1. The van der Waals surface area contributed by atoms with Gasteiger partial charge in [0.25, 0.3) is 5.56 Å². The maximum Gasteiger partial charge on any atom is 0.434 e. The Balaban J connectivity index is 1.53. The number of carbonyl (C=O) groups is 1. The lowest BCUT2D eigenvalue weighted by atomic mass is 9.90. The van der Waals surface area contributed by atoms with Gasteiger partial charge in [-0.1, -0.05) is 70.9 Å². The molecule has 5 aromatic rings. The van der Waals surface area contributed by atoms with E-state index in [0.717, 1.165) is 28.6 Å². The van der Waals surface area contributed by atoms with Crippen LogP contribution >= 0.6 is 79.7 Å². The molecule has 1 aliphatic heterocycles. The molecule has 15 heteroatoms. The van der Waals surface area contributed by atoms with Crippen molar-refractivity contribution in [3.8, 4) is 11.5 Å². The molecule has 0 fully saturated rings. The highest BCUT2D eigenvalue weighted by atomic mass is 127. The van der Waals surface area contributed by atoms with Gasteiger partial charge in [0.2, 0.25) is 0 Å². The summed E-state index contributed by atoms with van der Waals surface area (Å²) in [4.78, 5) is 31.4. The molecule has 0 bridgehead atoms. The van der Waals surface area contributed by atoms with E-state index in [1.54, 1.807) is 72.8 Å². The molecule has 0 aliphatic carbocycles. The Kier molecular flexibility index (Phi) is 10.9. The molecule has 0 saturated heterocycles. The highest BCUT2D eigenvalue weighted by Crippen LogP contribution is 2.43. The minimum absolute atomic E-state index is 0.104. The van der Waals surface area contributed by atoms with Crippen LogP contribution in [-0.4, -0.2) is 30.4 Å². The summed E-state index contributed by atoms with van der Waals surface area (Å²) in [5.74, 6) is -0.460. The molecule has 50 heavy (non-hydrogen) atoms. The molecule has 4 aromatic carbocycles. The lowest BCUT2D eigenvalue weighted by Crippen LogP contribution is -2.41. The van der Waals surface area contributed by atoms with E-state index in [2.05, 4.69) is 50.2 Å². The van der Waals surface area contributed by atoms with Gasteiger partial charge in [0.1, 0.15) is 24.1 Å². The van der Waals surface area contributed by atoms with Gasteiger partial charge in [-0.3, -0.25) is 9.36 Å². The van der Waals surface area contributed by atoms with E-state index in [1.807, 2.05) is 0 Å². The van der Waals surface area contributed by atoms with E-state index in [0.29, 0.717) is 32.1 Å². The zero-order chi connectivity index (χ0) is 35.9. The number of alkyl halides is 3. The summed E-state index contributed by atoms with van der Waals surface area (Å²) in [5.41, 5.74) is -1.34. The summed E-state index contributed by atoms with van der Waals surface area (Å²) < 4.78 is 63.8. The molecule has 0 saturated carbocycles. The fraction of sp³-hybridized carbons (Fsp3) is 0.171. The molecule has 258 valence electrons. The predicted molar refractivity (Wildman–Crippen MR) is 204 cm³/mol. The Labute approximate surface area is 324 Å². The number of halogens is 7. The van der Waals surface area contributed by atoms with Gasteiger partial charge in [0, 0.05) is 21.2 Å². The first-order valence-corrected chi connectivity index (χ1v) is 18.5. The van der Waals surface area contributed by atoms with Crippen molar-refractivity contribution >= 4 is 103 Å². The lowest BCUT2D eigenvalue weighted by Gasteiger charge is -2.28. The van der Waals surface area contributed by atoms with Gasteiger partial charge in [-0.05, 0) is 105 Å². The number of ether oxygens (including phenoxy) is 3. The second kappa shape index (κ2) is 14.9. The van der Waals surface area contributed by atoms with Crippen LogP contribution in [0.1, 0.15) is 29.7 Å². The van der Waals surface area contributed by atoms with E-state index in [1.165, 1.54) is 14.0 Å². The van der Waals surface area contributed by atoms with Gasteiger partial charge in [0.05, 0.1) is 31.0 Å². The summed E-state index contributed by atoms with van der Waals surface area (Å²) in [6, 6.07) is 17.4. The second-order valence-electron chi connectivity index (χ2n) is 10.8. The third-order valence-corrected chi connectivity index (χ3v) is 10.9. The topological polar surface area (TPSA) is 79.1 Å². The number of rotatable bonds is 8. The lowest BCUT2D eigenvalue weighted by molar-refractivity contribution is -0.140. The Bertz CT molecular complexity index is 2370. The van der Waals surface area contributed by atoms with Crippen LogP contribution in [-0.2, 0) is 16.1 Å². The number of hydrogen-bond donors (Lipinski definition) is 0. The molecule has 1 aromatic heterocycles. The zero-order valence-corrected chi connectivity index (χ0v) is 32.6. The molecule has 1 atom stereocenters. The highest BCUT2D eigenvalue weighted by Gasteiger charge is 2.46. The van der Waals surface area contributed by atoms with Crippen molar-refractivity contribution in [2.24, 2.45) is 4.99 Å². The molecule has 0 N–H and O–H groups in total. The van der Waals surface area contributed by atoms with Crippen molar-refractivity contribution in [1.29, 1.82) is 0 Å². The Morgan fingerprint density at radius 3 is 2.44 bits per heavy atom. The van der Waals surface area contributed by atoms with Crippen LogP contribution in [0, 0.1) is 7.14 Å². The monoisotopic (exact) mass is 964 g/mol. The average molecular weight is 965 g/mol. The minimum Gasteiger partial charge on any atom is -0.496 e. The Morgan fingerprint density at radius 2 is 1.78 bits per heavy atom. The molecule has 1 aliphatic rings. The minimum atomic E-state index is -5.05. The fourth-order valence-corrected chi connectivity index (χ4v) is 9.18. The number of fused-ring (bicyclic) bond motifs is 2. The number of nitrogens with zero attached hydrogens (tertiary/aromatic N) is 2. The third-order valence-electron chi connectivity index (χ3n) is 7.72. The maximum absolute atomic E-state index is 14.8. The summed E-state index contributed by atoms with van der Waals surface area (Å²) >= 11 is 17.3. The van der Waals surface area contributed by atoms with E-state index in [9.17, 15) is 22.8 Å². The van der Waals surface area contributed by atoms with Gasteiger partial charge < -0.3 is 14.2 Å². The van der Waals surface area contributed by atoms with Crippen LogP contribution < -0.4 is 24.4 Å². The van der Waals surface area contributed by atoms with Crippen molar-refractivity contribution in [2.45, 2.75) is 25.7 Å². The number of carbonyl (C=O) groups excluding carboxylic acids is 1. The van der Waals surface area contributed by atoms with Crippen LogP contribution in [0.25, 0.3) is 16.8 Å². The molecule has 0 spiro atoms. The van der Waals surface area contributed by atoms with Crippen molar-refractivity contribution in [1.82, 2.24) is 4.57 Å². The SMILES string of the molecule is CCOC(=O)C1=C(C(F)(F)F)N=c2s/c(=C\c3cc(I)c(OCc4ccc(Cl)cc4Cl)c(I)c3)c(=O)n2[C@H]1c1c(OC)ccc2ccccc12. The third kappa shape index (κ3) is 7.16. The molecular formula is C35H23Cl2F3I2N2O5S. The number of esters is 1. The van der Waals surface area contributed by atoms with Crippen LogP contribution in [0.3, 0.4) is 0 Å². The van der Waals surface area contributed by atoms with Crippen LogP contribution in [0.15, 0.2) is 87.8 Å². The van der Waals surface area contributed by atoms with E-state index in [-0.39, 0.29) is 33.9 Å². The number of allylic oxidation sites excluding steroid dienone is 1. The van der Waals surface area contributed by atoms with E-state index >= 15 is 0 Å². The number of thiazole rings is 1. The molecular weight excluding hydrogens is 942 g/mol. The first kappa shape index (κ1) is 36.7. The van der Waals surface area contributed by atoms with Crippen molar-refractivity contribution in [3.05, 3.63) is 132 Å². The largest absolute Gasteiger partial charge is 0.496 e. The molecule has 0 amide bonds. The van der Waals surface area contributed by atoms with Crippen molar-refractivity contribution in [3.63, 3.8) is 0 Å². The molecule has 6 rings (SSSR count). The van der Waals surface area contributed by atoms with E-state index < -0.39 is 35.0 Å². The summed E-state index contributed by atoms with van der Waals surface area (Å²) in [5, 5.41) is 2.14. The Hall–Kier alpha value is -3.12. The number of benzene rings is 4. The van der Waals surface area contributed by atoms with Gasteiger partial charge in [-0.25, -0.2) is 9.79 Å². The normalized spacial score (nSPS) is 14.8. The van der Waals surface area contributed by atoms with Crippen LogP contribution in [0.2, 0.25) is 10.0 Å². The van der Waals surface area contributed by atoms with E-state index in [4.69, 9.17) is 37.4 Å². The summed E-state index contributed by atoms with van der Waals surface area (Å²) in [6.07, 6.45) is -3.47. The summed E-state index contributed by atoms with van der Waals surface area (Å²) in [6.45, 7) is 1.48. The van der Waals surface area contributed by atoms with Gasteiger partial charge in [-0.15, -0.1) is 0 Å². The highest BCUT2D eigenvalue weighted by molar-refractivity contribution is 14.1. The first-order chi connectivity index (χ1) is 23.8. The molecule has 0 radical (unpaired) electrons. The Morgan fingerprint density at radius 1 is 1.06 bits per heavy atom. The van der Waals surface area contributed by atoms with Gasteiger partial charge >= 0.3 is 12.1 Å². The molecule has 2 heterocycles. The van der Waals surface area contributed by atoms with Crippen LogP contribution in [0.4, 0.5) is 13.2 Å². The zero-order valence-electron chi connectivity index (χ0n) is 25.9. The van der Waals surface area contributed by atoms with Crippen molar-refractivity contribution < 1.29 is 32.2 Å². The number of hydrogen-bond acceptors (Lipinski definition) is 7. The fourth-order valence-electron chi connectivity index (χ4n) is 5.59. The van der Waals surface area contributed by atoms with Gasteiger partial charge in [-0.2, -0.15) is 13.2 Å². The molecule has 7 nitrogen and oxygen atoms in total. The predicted octanol–water partition coefficient (Wildman–Crippen LogP) is 8.60. The second-order valence-corrected chi connectivity index (χ2v) is 15.0. The quantitative estimate of drug-likeness (QED) is 0.115. The smallest absolute Gasteiger partial charge is 0.434 e. The average Bonchev–Trinajstić information content (AvgIpc) is 3.37.